The lowest BCUT2D eigenvalue weighted by Crippen LogP contribution is -2.51. The van der Waals surface area contributed by atoms with Crippen molar-refractivity contribution in [2.45, 2.75) is 64.4 Å². The van der Waals surface area contributed by atoms with Crippen LogP contribution in [0.5, 0.6) is 5.75 Å². The van der Waals surface area contributed by atoms with Gasteiger partial charge in [0.05, 0.1) is 10.0 Å². The normalized spacial score (nSPS) is 15.1. The highest BCUT2D eigenvalue weighted by Crippen LogP contribution is 2.33. The van der Waals surface area contributed by atoms with Gasteiger partial charge >= 0.3 is 0 Å². The molecule has 2 N–H and O–H groups in total. The fourth-order valence-electron chi connectivity index (χ4n) is 4.09. The van der Waals surface area contributed by atoms with Gasteiger partial charge in [0.15, 0.2) is 11.4 Å². The van der Waals surface area contributed by atoms with E-state index in [4.69, 9.17) is 16.3 Å². The van der Waals surface area contributed by atoms with Gasteiger partial charge in [-0.05, 0) is 38.8 Å². The topological polar surface area (TPSA) is 100 Å². The second kappa shape index (κ2) is 10.2. The van der Waals surface area contributed by atoms with Crippen molar-refractivity contribution >= 4 is 40.6 Å². The molecule has 2 amide bonds. The van der Waals surface area contributed by atoms with Gasteiger partial charge in [0.25, 0.3) is 11.8 Å². The van der Waals surface area contributed by atoms with Gasteiger partial charge in [0, 0.05) is 41.6 Å². The molecule has 1 fully saturated rings. The summed E-state index contributed by atoms with van der Waals surface area (Å²) in [4.78, 5) is 32.3. The number of rotatable bonds is 6. The van der Waals surface area contributed by atoms with Crippen molar-refractivity contribution in [1.82, 2.24) is 20.1 Å². The number of aromatic amines is 1. The third-order valence-electron chi connectivity index (χ3n) is 6.23. The lowest BCUT2D eigenvalue weighted by atomic mass is 9.92. The van der Waals surface area contributed by atoms with Crippen molar-refractivity contribution in [2.24, 2.45) is 0 Å². The van der Waals surface area contributed by atoms with Crippen LogP contribution in [0, 0.1) is 0 Å². The number of hydrogen-bond acceptors (Lipinski definition) is 6. The van der Waals surface area contributed by atoms with E-state index in [2.05, 4.69) is 41.3 Å². The Labute approximate surface area is 220 Å². The molecule has 0 atom stereocenters. The highest BCUT2D eigenvalue weighted by atomic mass is 35.5. The summed E-state index contributed by atoms with van der Waals surface area (Å²) in [7, 11) is 0. The molecule has 0 unspecified atom stereocenters. The van der Waals surface area contributed by atoms with E-state index in [1.165, 1.54) is 11.3 Å². The van der Waals surface area contributed by atoms with Crippen LogP contribution in [0.1, 0.15) is 74.6 Å². The van der Waals surface area contributed by atoms with Crippen LogP contribution >= 0.6 is 22.9 Å². The van der Waals surface area contributed by atoms with Gasteiger partial charge in [0.2, 0.25) is 0 Å². The Morgan fingerprint density at radius 3 is 2.50 bits per heavy atom. The average molecular weight is 530 g/mol. The number of halogens is 1. The van der Waals surface area contributed by atoms with Crippen molar-refractivity contribution in [3.63, 3.8) is 0 Å². The summed E-state index contributed by atoms with van der Waals surface area (Å²) in [5.41, 5.74) is 0.195. The molecular formula is C26H32ClN5O3S. The number of piperidine rings is 1. The molecule has 0 bridgehead atoms. The van der Waals surface area contributed by atoms with Gasteiger partial charge in [-0.2, -0.15) is 5.10 Å². The second-order valence-electron chi connectivity index (χ2n) is 10.6. The molecule has 1 saturated heterocycles. The van der Waals surface area contributed by atoms with E-state index in [9.17, 15) is 9.59 Å². The lowest BCUT2D eigenvalue weighted by molar-refractivity contribution is -0.146. The van der Waals surface area contributed by atoms with Gasteiger partial charge in [0.1, 0.15) is 11.4 Å². The minimum atomic E-state index is -1.04. The number of thiazole rings is 1. The molecule has 8 nitrogen and oxygen atoms in total. The second-order valence-corrected chi connectivity index (χ2v) is 11.8. The number of nitrogens with zero attached hydrogens (tertiary/aromatic N) is 3. The Hall–Kier alpha value is -2.91. The first-order valence-electron chi connectivity index (χ1n) is 12.0. The molecular weight excluding hydrogens is 498 g/mol. The van der Waals surface area contributed by atoms with Crippen LogP contribution in [-0.4, -0.2) is 50.6 Å². The molecule has 1 aliphatic heterocycles. The number of nitrogens with one attached hydrogen (secondary N) is 2. The minimum Gasteiger partial charge on any atom is -0.476 e. The van der Waals surface area contributed by atoms with Crippen LogP contribution in [0.4, 0.5) is 5.82 Å². The summed E-state index contributed by atoms with van der Waals surface area (Å²) in [6.45, 7) is 11.0. The summed E-state index contributed by atoms with van der Waals surface area (Å²) in [5.74, 6) is 0.814. The molecule has 3 heterocycles. The fraction of sp³-hybridized carbons (Fsp3) is 0.462. The minimum absolute atomic E-state index is 0.0753. The maximum absolute atomic E-state index is 13.2. The monoisotopic (exact) mass is 529 g/mol. The van der Waals surface area contributed by atoms with Crippen molar-refractivity contribution in [2.75, 3.05) is 18.4 Å². The fourth-order valence-corrected chi connectivity index (χ4v) is 5.23. The zero-order chi connectivity index (χ0) is 26.1. The summed E-state index contributed by atoms with van der Waals surface area (Å²) < 4.78 is 5.97. The zero-order valence-corrected chi connectivity index (χ0v) is 22.8. The number of H-pyrrole nitrogens is 1. The SMILES string of the molecule is CC(C)(Oc1ccccc1Cl)C(=O)N1CCC(c2nc(C(=O)Nc3cc(C(C)(C)C)[nH]n3)cs2)CC1. The first-order valence-corrected chi connectivity index (χ1v) is 13.3. The highest BCUT2D eigenvalue weighted by molar-refractivity contribution is 7.10. The third kappa shape index (κ3) is 5.90. The number of ether oxygens (including phenoxy) is 1. The van der Waals surface area contributed by atoms with Crippen LogP contribution in [0.3, 0.4) is 0 Å². The molecule has 1 aliphatic rings. The van der Waals surface area contributed by atoms with E-state index in [1.807, 2.05) is 23.1 Å². The van der Waals surface area contributed by atoms with Gasteiger partial charge in [-0.15, -0.1) is 11.3 Å². The quantitative estimate of drug-likeness (QED) is 0.431. The molecule has 192 valence electrons. The van der Waals surface area contributed by atoms with Crippen molar-refractivity contribution in [3.8, 4) is 5.75 Å². The first kappa shape index (κ1) is 26.2. The molecule has 0 aliphatic carbocycles. The molecule has 3 aromatic rings. The van der Waals surface area contributed by atoms with Crippen LogP contribution < -0.4 is 10.1 Å². The van der Waals surface area contributed by atoms with Crippen LogP contribution in [0.25, 0.3) is 0 Å². The van der Waals surface area contributed by atoms with Gasteiger partial charge in [-0.1, -0.05) is 44.5 Å². The van der Waals surface area contributed by atoms with Crippen LogP contribution in [-0.2, 0) is 10.2 Å². The summed E-state index contributed by atoms with van der Waals surface area (Å²) in [6.07, 6.45) is 1.55. The smallest absolute Gasteiger partial charge is 0.276 e. The van der Waals surface area contributed by atoms with Gasteiger partial charge in [-0.25, -0.2) is 4.98 Å². The number of aromatic nitrogens is 3. The highest BCUT2D eigenvalue weighted by Gasteiger charge is 2.37. The number of carbonyl (C=O) groups excluding carboxylic acids is 2. The third-order valence-corrected chi connectivity index (χ3v) is 7.55. The first-order chi connectivity index (χ1) is 16.9. The number of amides is 2. The molecule has 0 saturated carbocycles. The lowest BCUT2D eigenvalue weighted by Gasteiger charge is -2.36. The maximum Gasteiger partial charge on any atom is 0.276 e. The number of benzene rings is 1. The summed E-state index contributed by atoms with van der Waals surface area (Å²) in [5, 5.41) is 13.1. The summed E-state index contributed by atoms with van der Waals surface area (Å²) >= 11 is 7.69. The number of anilines is 1. The Kier molecular flexibility index (Phi) is 7.43. The van der Waals surface area contributed by atoms with Gasteiger partial charge in [-0.3, -0.25) is 14.7 Å². The Morgan fingerprint density at radius 2 is 1.86 bits per heavy atom. The van der Waals surface area contributed by atoms with Crippen molar-refractivity contribution in [1.29, 1.82) is 0 Å². The molecule has 1 aromatic carbocycles. The predicted molar refractivity (Wildman–Crippen MR) is 142 cm³/mol. The van der Waals surface area contributed by atoms with E-state index in [0.717, 1.165) is 23.5 Å². The standard InChI is InChI=1S/C26H32ClN5O3S/c1-25(2,3)20-14-21(31-30-20)29-22(33)18-15-36-23(28-18)16-10-12-32(13-11-16)24(34)26(4,5)35-19-9-7-6-8-17(19)27/h6-9,14-16H,10-13H2,1-5H3,(H2,29,30,31,33). The van der Waals surface area contributed by atoms with E-state index in [-0.39, 0.29) is 23.1 Å². The number of para-hydroxylation sites is 1. The van der Waals surface area contributed by atoms with Crippen LogP contribution in [0.15, 0.2) is 35.7 Å². The number of likely N-dealkylation sites (tertiary alicyclic amines) is 1. The van der Waals surface area contributed by atoms with E-state index in [1.54, 1.807) is 31.4 Å². The van der Waals surface area contributed by atoms with Crippen LogP contribution in [0.2, 0.25) is 5.02 Å². The van der Waals surface area contributed by atoms with Gasteiger partial charge < -0.3 is 15.0 Å². The summed E-state index contributed by atoms with van der Waals surface area (Å²) in [6, 6.07) is 8.99. The maximum atomic E-state index is 13.2. The molecule has 0 radical (unpaired) electrons. The number of hydrogen-bond donors (Lipinski definition) is 2. The van der Waals surface area contributed by atoms with E-state index in [0.29, 0.717) is 35.4 Å². The molecule has 2 aromatic heterocycles. The Morgan fingerprint density at radius 1 is 1.17 bits per heavy atom. The van der Waals surface area contributed by atoms with E-state index < -0.39 is 5.60 Å². The zero-order valence-electron chi connectivity index (χ0n) is 21.2. The molecule has 36 heavy (non-hydrogen) atoms. The van der Waals surface area contributed by atoms with Crippen molar-refractivity contribution < 1.29 is 14.3 Å². The molecule has 4 rings (SSSR count). The largest absolute Gasteiger partial charge is 0.476 e. The predicted octanol–water partition coefficient (Wildman–Crippen LogP) is 5.63. The Bertz CT molecular complexity index is 1240. The Balaban J connectivity index is 1.33. The average Bonchev–Trinajstić information content (AvgIpc) is 3.50. The van der Waals surface area contributed by atoms with E-state index >= 15 is 0 Å². The number of carbonyl (C=O) groups is 2. The van der Waals surface area contributed by atoms with Crippen molar-refractivity contribution in [3.05, 3.63) is 57.1 Å². The molecule has 0 spiro atoms. The molecule has 10 heteroatoms.